The molecule has 2 atom stereocenters. The maximum absolute atomic E-state index is 14.0. The summed E-state index contributed by atoms with van der Waals surface area (Å²) in [6, 6.07) is 2.72. The van der Waals surface area contributed by atoms with Gasteiger partial charge in [0.05, 0.1) is 5.69 Å². The molecule has 2 N–H and O–H groups in total. The Morgan fingerprint density at radius 1 is 1.18 bits per heavy atom. The molecule has 216 valence electrons. The van der Waals surface area contributed by atoms with Crippen molar-refractivity contribution in [2.24, 2.45) is 28.0 Å². The van der Waals surface area contributed by atoms with E-state index in [2.05, 4.69) is 43.6 Å². The van der Waals surface area contributed by atoms with Crippen LogP contribution >= 0.6 is 0 Å². The lowest BCUT2D eigenvalue weighted by Crippen LogP contribution is -2.26. The van der Waals surface area contributed by atoms with E-state index in [1.54, 1.807) is 0 Å². The zero-order valence-electron chi connectivity index (χ0n) is 24.2. The molecule has 1 aromatic rings. The molecule has 0 radical (unpaired) electrons. The Kier molecular flexibility index (Phi) is 11.5. The highest BCUT2D eigenvalue weighted by Crippen LogP contribution is 2.33. The molecule has 6 nitrogen and oxygen atoms in total. The van der Waals surface area contributed by atoms with Gasteiger partial charge in [-0.2, -0.15) is 13.8 Å². The number of alkyl halides is 2. The molecule has 1 amide bonds. The summed E-state index contributed by atoms with van der Waals surface area (Å²) in [5.41, 5.74) is 8.19. The highest BCUT2D eigenvalue weighted by atomic mass is 19.3. The number of carbonyl (C=O) groups is 2. The standard InChI is InChI=1S/C26H31F2N3O3.C5H12.H2/c1-4-20(32)15-18-6-5-7-19(14-16(18)2)25(33)31-24(29)21-8-9-22(26(3,27)28)30-23(21)17-10-12-34-13-11-17;1-5(2,3)4;/h1,6,8-9,16-17,19H,5,7,10-15H2,2-3H3,(H2,29,31,33);1-4H3;1H/t16-,19-;;/m0../s1. The van der Waals surface area contributed by atoms with Gasteiger partial charge in [0.2, 0.25) is 5.78 Å². The molecule has 8 heteroatoms. The third-order valence-corrected chi connectivity index (χ3v) is 6.56. The van der Waals surface area contributed by atoms with Crippen LogP contribution in [0.1, 0.15) is 104 Å². The minimum absolute atomic E-state index is 0. The molecule has 2 aliphatic rings. The predicted octanol–water partition coefficient (Wildman–Crippen LogP) is 6.57. The van der Waals surface area contributed by atoms with E-state index in [1.807, 2.05) is 13.0 Å². The topological polar surface area (TPSA) is 94.6 Å². The van der Waals surface area contributed by atoms with Crippen molar-refractivity contribution in [3.8, 4) is 12.3 Å². The van der Waals surface area contributed by atoms with E-state index in [9.17, 15) is 18.4 Å². The second-order valence-electron chi connectivity index (χ2n) is 12.2. The van der Waals surface area contributed by atoms with Crippen molar-refractivity contribution in [1.82, 2.24) is 4.98 Å². The molecule has 2 heterocycles. The summed E-state index contributed by atoms with van der Waals surface area (Å²) in [5.74, 6) is -2.07. The van der Waals surface area contributed by atoms with Crippen LogP contribution in [-0.4, -0.2) is 35.7 Å². The molecule has 1 aromatic heterocycles. The number of pyridine rings is 1. The Morgan fingerprint density at radius 2 is 1.79 bits per heavy atom. The minimum atomic E-state index is -3.10. The number of ketones is 1. The van der Waals surface area contributed by atoms with Crippen molar-refractivity contribution in [2.75, 3.05) is 13.2 Å². The number of hydrogen-bond acceptors (Lipinski definition) is 4. The maximum atomic E-state index is 14.0. The normalized spacial score (nSPS) is 21.1. The smallest absolute Gasteiger partial charge is 0.286 e. The fraction of sp³-hybridized carbons (Fsp3) is 0.613. The number of nitrogens with zero attached hydrogens (tertiary/aromatic N) is 2. The van der Waals surface area contributed by atoms with Gasteiger partial charge in [0.25, 0.3) is 11.8 Å². The number of nitrogens with two attached hydrogens (primary N) is 1. The first-order chi connectivity index (χ1) is 18.1. The monoisotopic (exact) mass is 545 g/mol. The molecule has 39 heavy (non-hydrogen) atoms. The Hall–Kier alpha value is -2.92. The van der Waals surface area contributed by atoms with Crippen LogP contribution in [0.5, 0.6) is 0 Å². The van der Waals surface area contributed by atoms with Gasteiger partial charge in [-0.05, 0) is 61.5 Å². The van der Waals surface area contributed by atoms with Crippen LogP contribution in [0.4, 0.5) is 8.78 Å². The van der Waals surface area contributed by atoms with Crippen molar-refractivity contribution in [2.45, 2.75) is 91.9 Å². The number of amidine groups is 1. The molecule has 1 aliphatic carbocycles. The van der Waals surface area contributed by atoms with Crippen LogP contribution in [0.2, 0.25) is 0 Å². The number of rotatable bonds is 6. The summed E-state index contributed by atoms with van der Waals surface area (Å²) in [5, 5.41) is 0. The largest absolute Gasteiger partial charge is 0.383 e. The highest BCUT2D eigenvalue weighted by molar-refractivity contribution is 6.05. The molecular weight excluding hydrogens is 500 g/mol. The average molecular weight is 546 g/mol. The Morgan fingerprint density at radius 3 is 2.36 bits per heavy atom. The summed E-state index contributed by atoms with van der Waals surface area (Å²) in [6.07, 6.45) is 10.4. The predicted molar refractivity (Wildman–Crippen MR) is 153 cm³/mol. The van der Waals surface area contributed by atoms with Crippen LogP contribution in [0.15, 0.2) is 28.8 Å². The molecule has 0 spiro atoms. The van der Waals surface area contributed by atoms with Crippen molar-refractivity contribution >= 4 is 17.5 Å². The van der Waals surface area contributed by atoms with Crippen LogP contribution in [0.3, 0.4) is 0 Å². The number of Topliss-reactive ketones (excluding diaryl/α,β-unsaturated/α-hetero) is 1. The molecule has 0 bridgehead atoms. The first kappa shape index (κ1) is 32.3. The number of amides is 1. The minimum Gasteiger partial charge on any atom is -0.383 e. The third kappa shape index (κ3) is 10.6. The zero-order chi connectivity index (χ0) is 29.4. The number of halogens is 2. The van der Waals surface area contributed by atoms with Crippen molar-refractivity contribution in [3.63, 3.8) is 0 Å². The molecular formula is C31H45F2N3O3. The van der Waals surface area contributed by atoms with Gasteiger partial charge < -0.3 is 10.5 Å². The zero-order valence-corrected chi connectivity index (χ0v) is 24.2. The molecule has 1 saturated heterocycles. The van der Waals surface area contributed by atoms with E-state index in [4.69, 9.17) is 16.9 Å². The number of aromatic nitrogens is 1. The van der Waals surface area contributed by atoms with Gasteiger partial charge in [-0.15, -0.1) is 6.42 Å². The summed E-state index contributed by atoms with van der Waals surface area (Å²) < 4.78 is 33.3. The van der Waals surface area contributed by atoms with E-state index in [-0.39, 0.29) is 48.8 Å². The molecule has 1 aliphatic heterocycles. The fourth-order valence-corrected chi connectivity index (χ4v) is 4.56. The van der Waals surface area contributed by atoms with Gasteiger partial charge in [-0.3, -0.25) is 14.6 Å². The molecule has 0 saturated carbocycles. The number of allylic oxidation sites excluding steroid dienone is 2. The third-order valence-electron chi connectivity index (χ3n) is 6.56. The summed E-state index contributed by atoms with van der Waals surface area (Å²) in [7, 11) is 0. The highest BCUT2D eigenvalue weighted by Gasteiger charge is 2.31. The molecule has 3 rings (SSSR count). The quantitative estimate of drug-likeness (QED) is 0.143. The first-order valence-corrected chi connectivity index (χ1v) is 13.6. The van der Waals surface area contributed by atoms with E-state index in [0.717, 1.165) is 12.5 Å². The van der Waals surface area contributed by atoms with Gasteiger partial charge in [-0.1, -0.05) is 46.3 Å². The van der Waals surface area contributed by atoms with Crippen LogP contribution in [-0.2, 0) is 20.2 Å². The second kappa shape index (κ2) is 13.9. The Labute approximate surface area is 233 Å². The van der Waals surface area contributed by atoms with Gasteiger partial charge in [-0.25, -0.2) is 0 Å². The van der Waals surface area contributed by atoms with E-state index < -0.39 is 5.92 Å². The van der Waals surface area contributed by atoms with Gasteiger partial charge in [0, 0.05) is 45.4 Å². The Balaban J connectivity index is 0.00000122. The number of carbonyl (C=O) groups excluding carboxylic acids is 2. The summed E-state index contributed by atoms with van der Waals surface area (Å²) >= 11 is 0. The van der Waals surface area contributed by atoms with Crippen molar-refractivity contribution in [3.05, 3.63) is 40.7 Å². The maximum Gasteiger partial charge on any atom is 0.286 e. The lowest BCUT2D eigenvalue weighted by molar-refractivity contribution is -0.122. The van der Waals surface area contributed by atoms with Gasteiger partial charge >= 0.3 is 0 Å². The SMILES string of the molecule is C#CC(=O)CC1=CCC[C@H](C(=O)N=C(N)c2ccc(C(C)(F)F)nc2C2CCOCC2)C[C@@H]1C.CC(C)(C)C.[HH]. The van der Waals surface area contributed by atoms with Gasteiger partial charge in [0.15, 0.2) is 0 Å². The summed E-state index contributed by atoms with van der Waals surface area (Å²) in [6.45, 7) is 12.5. The lowest BCUT2D eigenvalue weighted by atomic mass is 9.88. The number of ether oxygens (including phenoxy) is 1. The fourth-order valence-electron chi connectivity index (χ4n) is 4.56. The molecule has 0 unspecified atom stereocenters. The summed E-state index contributed by atoms with van der Waals surface area (Å²) in [4.78, 5) is 33.1. The van der Waals surface area contributed by atoms with E-state index in [0.29, 0.717) is 62.0 Å². The lowest BCUT2D eigenvalue weighted by Gasteiger charge is -2.25. The van der Waals surface area contributed by atoms with Crippen LogP contribution in [0, 0.1) is 29.6 Å². The van der Waals surface area contributed by atoms with Gasteiger partial charge in [0.1, 0.15) is 11.5 Å². The first-order valence-electron chi connectivity index (χ1n) is 13.6. The number of hydrogen-bond donors (Lipinski definition) is 1. The average Bonchev–Trinajstić information content (AvgIpc) is 3.03. The van der Waals surface area contributed by atoms with E-state index in [1.165, 1.54) is 12.1 Å². The molecule has 0 aromatic carbocycles. The number of aliphatic imine (C=N–C) groups is 1. The van der Waals surface area contributed by atoms with E-state index >= 15 is 0 Å². The second-order valence-corrected chi connectivity index (χ2v) is 12.2. The van der Waals surface area contributed by atoms with Crippen molar-refractivity contribution in [1.29, 1.82) is 0 Å². The van der Waals surface area contributed by atoms with Crippen LogP contribution in [0.25, 0.3) is 0 Å². The van der Waals surface area contributed by atoms with Crippen molar-refractivity contribution < 1.29 is 24.5 Å². The number of terminal acetylenes is 1. The Bertz CT molecular complexity index is 1120. The van der Waals surface area contributed by atoms with Crippen LogP contribution < -0.4 is 5.73 Å². The molecule has 1 fully saturated rings.